The predicted octanol–water partition coefficient (Wildman–Crippen LogP) is 4.30. The summed E-state index contributed by atoms with van der Waals surface area (Å²) in [7, 11) is -3.77. The number of benzene rings is 1. The molecule has 2 heterocycles. The van der Waals surface area contributed by atoms with Crippen LogP contribution in [-0.2, 0) is 22.7 Å². The van der Waals surface area contributed by atoms with Crippen LogP contribution >= 0.6 is 11.6 Å². The molecular weight excluding hydrogens is 452 g/mol. The molecule has 0 aliphatic heterocycles. The topological polar surface area (TPSA) is 89.2 Å². The van der Waals surface area contributed by atoms with Crippen molar-refractivity contribution in [3.63, 3.8) is 0 Å². The van der Waals surface area contributed by atoms with Crippen LogP contribution in [0, 0.1) is 5.82 Å². The quantitative estimate of drug-likeness (QED) is 0.505. The smallest absolute Gasteiger partial charge is 0.413 e. The molecule has 0 aliphatic carbocycles. The number of anilines is 1. The number of nitrogens with zero attached hydrogens (tertiary/aromatic N) is 4. The van der Waals surface area contributed by atoms with Gasteiger partial charge in [-0.25, -0.2) is 12.8 Å². The Morgan fingerprint density at radius 1 is 1.17 bits per heavy atom. The van der Waals surface area contributed by atoms with Crippen LogP contribution in [0.3, 0.4) is 0 Å². The first-order valence-electron chi connectivity index (χ1n) is 8.32. The maximum atomic E-state index is 13.4. The average molecular weight is 465 g/mol. The minimum absolute atomic E-state index is 0.122. The Morgan fingerprint density at radius 3 is 2.43 bits per heavy atom. The molecule has 0 bridgehead atoms. The van der Waals surface area contributed by atoms with Crippen LogP contribution in [0.25, 0.3) is 11.5 Å². The lowest BCUT2D eigenvalue weighted by Gasteiger charge is -2.23. The fraction of sp³-hybridized carbons (Fsp3) is 0.235. The molecule has 3 rings (SSSR count). The molecule has 0 spiro atoms. The Labute approximate surface area is 173 Å². The van der Waals surface area contributed by atoms with E-state index >= 15 is 0 Å². The molecule has 13 heteroatoms. The first-order valence-corrected chi connectivity index (χ1v) is 10.3. The monoisotopic (exact) mass is 464 g/mol. The highest BCUT2D eigenvalue weighted by atomic mass is 35.5. The molecule has 0 saturated heterocycles. The van der Waals surface area contributed by atoms with Crippen LogP contribution in [0.1, 0.15) is 18.5 Å². The Bertz CT molecular complexity index is 1150. The van der Waals surface area contributed by atoms with Crippen LogP contribution in [-0.4, -0.2) is 29.4 Å². The molecule has 0 unspecified atom stereocenters. The molecule has 3 aromatic rings. The van der Waals surface area contributed by atoms with Crippen molar-refractivity contribution in [2.75, 3.05) is 10.1 Å². The number of hydrogen-bond donors (Lipinski definition) is 0. The molecular formula is C17H13ClF4N4O3S. The summed E-state index contributed by atoms with van der Waals surface area (Å²) in [5, 5.41) is 6.01. The van der Waals surface area contributed by atoms with Gasteiger partial charge in [-0.3, -0.25) is 9.29 Å². The van der Waals surface area contributed by atoms with Crippen molar-refractivity contribution in [2.24, 2.45) is 0 Å². The number of sulfonamides is 1. The predicted molar refractivity (Wildman–Crippen MR) is 99.6 cm³/mol. The van der Waals surface area contributed by atoms with Crippen molar-refractivity contribution >= 4 is 27.3 Å². The van der Waals surface area contributed by atoms with Crippen LogP contribution in [0.4, 0.5) is 23.2 Å². The van der Waals surface area contributed by atoms with E-state index in [9.17, 15) is 26.0 Å². The lowest BCUT2D eigenvalue weighted by molar-refractivity contribution is -0.156. The minimum atomic E-state index is -4.77. The number of rotatable bonds is 6. The van der Waals surface area contributed by atoms with Crippen molar-refractivity contribution in [2.45, 2.75) is 19.6 Å². The molecule has 1 aromatic carbocycles. The summed E-state index contributed by atoms with van der Waals surface area (Å²) < 4.78 is 81.8. The largest absolute Gasteiger partial charge is 0.470 e. The summed E-state index contributed by atoms with van der Waals surface area (Å²) >= 11 is 5.76. The molecule has 7 nitrogen and oxygen atoms in total. The summed E-state index contributed by atoms with van der Waals surface area (Å²) in [6.45, 7) is 1.23. The molecule has 0 aliphatic rings. The highest BCUT2D eigenvalue weighted by Gasteiger charge is 2.38. The van der Waals surface area contributed by atoms with Crippen molar-refractivity contribution < 1.29 is 30.4 Å². The van der Waals surface area contributed by atoms with Gasteiger partial charge in [0, 0.05) is 6.20 Å². The van der Waals surface area contributed by atoms with E-state index in [1.165, 1.54) is 37.4 Å². The van der Waals surface area contributed by atoms with Gasteiger partial charge < -0.3 is 4.42 Å². The first-order chi connectivity index (χ1) is 14.0. The summed E-state index contributed by atoms with van der Waals surface area (Å²) in [6.07, 6.45) is -3.60. The Hall–Kier alpha value is -2.73. The summed E-state index contributed by atoms with van der Waals surface area (Å²) in [5.74, 6) is -2.81. The number of halogens is 5. The van der Waals surface area contributed by atoms with Gasteiger partial charge in [-0.1, -0.05) is 11.6 Å². The van der Waals surface area contributed by atoms with E-state index < -0.39 is 27.9 Å². The van der Waals surface area contributed by atoms with E-state index in [1.54, 1.807) is 0 Å². The zero-order valence-corrected chi connectivity index (χ0v) is 16.8. The highest BCUT2D eigenvalue weighted by molar-refractivity contribution is 7.92. The fourth-order valence-corrected chi connectivity index (χ4v) is 3.64. The Morgan fingerprint density at radius 2 is 1.90 bits per heavy atom. The van der Waals surface area contributed by atoms with Crippen LogP contribution in [0.2, 0.25) is 5.02 Å². The van der Waals surface area contributed by atoms with Gasteiger partial charge in [0.25, 0.3) is 0 Å². The minimum Gasteiger partial charge on any atom is -0.413 e. The zero-order chi connectivity index (χ0) is 22.1. The van der Waals surface area contributed by atoms with Crippen molar-refractivity contribution in [1.82, 2.24) is 15.2 Å². The van der Waals surface area contributed by atoms with E-state index in [1.807, 2.05) is 0 Å². The molecule has 30 heavy (non-hydrogen) atoms. The summed E-state index contributed by atoms with van der Waals surface area (Å²) in [5.41, 5.74) is 0.532. The third-order valence-electron chi connectivity index (χ3n) is 3.94. The van der Waals surface area contributed by atoms with Gasteiger partial charge in [-0.05, 0) is 37.3 Å². The van der Waals surface area contributed by atoms with Gasteiger partial charge >= 0.3 is 12.1 Å². The summed E-state index contributed by atoms with van der Waals surface area (Å²) in [4.78, 5) is 4.06. The third-order valence-corrected chi connectivity index (χ3v) is 5.97. The van der Waals surface area contributed by atoms with Gasteiger partial charge in [0.1, 0.15) is 5.82 Å². The van der Waals surface area contributed by atoms with Crippen molar-refractivity contribution in [1.29, 1.82) is 0 Å². The maximum Gasteiger partial charge on any atom is 0.470 e. The molecule has 0 saturated carbocycles. The molecule has 0 fully saturated rings. The van der Waals surface area contributed by atoms with Gasteiger partial charge in [-0.15, -0.1) is 10.2 Å². The van der Waals surface area contributed by atoms with Crippen LogP contribution < -0.4 is 4.31 Å². The summed E-state index contributed by atoms with van der Waals surface area (Å²) in [6, 6.07) is 6.25. The van der Waals surface area contributed by atoms with Gasteiger partial charge in [-0.2, -0.15) is 13.2 Å². The maximum absolute atomic E-state index is 13.4. The van der Waals surface area contributed by atoms with Gasteiger partial charge in [0.05, 0.1) is 34.3 Å². The van der Waals surface area contributed by atoms with Gasteiger partial charge in [0.15, 0.2) is 0 Å². The second-order valence-corrected chi connectivity index (χ2v) is 8.54. The van der Waals surface area contributed by atoms with Crippen LogP contribution in [0.15, 0.2) is 40.9 Å². The second kappa shape index (κ2) is 8.19. The lowest BCUT2D eigenvalue weighted by atomic mass is 10.2. The number of hydrogen-bond acceptors (Lipinski definition) is 6. The standard InChI is InChI=1S/C17H13ClF4N4O3S/c1-2-30(27,28)26(12-5-6-14(19)13(18)7-12)9-11-4-3-10(8-23-11)15-24-25-16(29-15)17(20,21)22/h3-8H,2,9H2,1H3. The molecule has 160 valence electrons. The van der Waals surface area contributed by atoms with Crippen LogP contribution in [0.5, 0.6) is 0 Å². The van der Waals surface area contributed by atoms with Crippen molar-refractivity contribution in [3.05, 3.63) is 59.0 Å². The SMILES string of the molecule is CCS(=O)(=O)N(Cc1ccc(-c2nnc(C(F)(F)F)o2)cn1)c1ccc(F)c(Cl)c1. The van der Waals surface area contributed by atoms with E-state index in [-0.39, 0.29) is 40.2 Å². The second-order valence-electron chi connectivity index (χ2n) is 5.95. The van der Waals surface area contributed by atoms with E-state index in [4.69, 9.17) is 11.6 Å². The molecule has 0 N–H and O–H groups in total. The van der Waals surface area contributed by atoms with Crippen molar-refractivity contribution in [3.8, 4) is 11.5 Å². The van der Waals surface area contributed by atoms with Gasteiger partial charge in [0.2, 0.25) is 15.9 Å². The molecule has 0 amide bonds. The van der Waals surface area contributed by atoms with E-state index in [0.29, 0.717) is 0 Å². The number of pyridine rings is 1. The highest BCUT2D eigenvalue weighted by Crippen LogP contribution is 2.30. The molecule has 0 radical (unpaired) electrons. The third kappa shape index (κ3) is 4.70. The Balaban J connectivity index is 1.88. The fourth-order valence-electron chi connectivity index (χ4n) is 2.39. The molecule has 0 atom stereocenters. The Kier molecular flexibility index (Phi) is 5.99. The number of aromatic nitrogens is 3. The molecule has 2 aromatic heterocycles. The van der Waals surface area contributed by atoms with E-state index in [0.717, 1.165) is 10.4 Å². The lowest BCUT2D eigenvalue weighted by Crippen LogP contribution is -2.32. The average Bonchev–Trinajstić information content (AvgIpc) is 3.19. The first kappa shape index (κ1) is 22.0. The normalized spacial score (nSPS) is 12.2. The van der Waals surface area contributed by atoms with E-state index in [2.05, 4.69) is 19.6 Å². The number of alkyl halides is 3. The zero-order valence-electron chi connectivity index (χ0n) is 15.2.